The van der Waals surface area contributed by atoms with Crippen molar-refractivity contribution in [2.24, 2.45) is 0 Å². The molecule has 0 bridgehead atoms. The van der Waals surface area contributed by atoms with Gasteiger partial charge >= 0.3 is 0 Å². The number of benzene rings is 1. The number of nitrogens with one attached hydrogen (secondary N) is 1. The summed E-state index contributed by atoms with van der Waals surface area (Å²) in [5.41, 5.74) is 2.30. The molecule has 2 aromatic rings. The smallest absolute Gasteiger partial charge is 0.225 e. The van der Waals surface area contributed by atoms with E-state index in [1.54, 1.807) is 0 Å². The van der Waals surface area contributed by atoms with Crippen molar-refractivity contribution < 1.29 is 9.47 Å². The maximum Gasteiger partial charge on any atom is 0.225 e. The lowest BCUT2D eigenvalue weighted by atomic mass is 10.1. The third kappa shape index (κ3) is 2.21. The van der Waals surface area contributed by atoms with E-state index in [-0.39, 0.29) is 0 Å². The lowest BCUT2D eigenvalue weighted by Gasteiger charge is -2.20. The van der Waals surface area contributed by atoms with Crippen LogP contribution in [0, 0.1) is 6.92 Å². The van der Waals surface area contributed by atoms with Crippen LogP contribution < -0.4 is 14.8 Å². The van der Waals surface area contributed by atoms with Crippen molar-refractivity contribution in [3.05, 3.63) is 23.3 Å². The molecule has 1 aliphatic rings. The Balaban J connectivity index is 1.79. The fraction of sp³-hybridized carbons (Fsp3) is 0.364. The van der Waals surface area contributed by atoms with Crippen molar-refractivity contribution in [1.82, 2.24) is 14.8 Å². The van der Waals surface area contributed by atoms with E-state index in [0.717, 1.165) is 22.6 Å². The van der Waals surface area contributed by atoms with E-state index in [4.69, 9.17) is 9.47 Å². The molecular weight excluding hydrogens is 252 g/mol. The van der Waals surface area contributed by atoms with Crippen LogP contribution in [0.25, 0.3) is 0 Å². The molecule has 1 aliphatic heterocycles. The van der Waals surface area contributed by atoms with Crippen LogP contribution in [0.3, 0.4) is 0 Å². The first-order valence-corrected chi connectivity index (χ1v) is 6.38. The van der Waals surface area contributed by atoms with Crippen molar-refractivity contribution in [1.29, 1.82) is 0 Å². The van der Waals surface area contributed by atoms with E-state index in [0.29, 0.717) is 24.9 Å². The van der Waals surface area contributed by atoms with Gasteiger partial charge in [0.15, 0.2) is 11.5 Å². The van der Waals surface area contributed by atoms with Gasteiger partial charge in [0.25, 0.3) is 0 Å². The molecular formula is C11H12N4O2S. The molecule has 94 valence electrons. The van der Waals surface area contributed by atoms with E-state index >= 15 is 0 Å². The van der Waals surface area contributed by atoms with E-state index in [2.05, 4.69) is 20.1 Å². The fourth-order valence-corrected chi connectivity index (χ4v) is 2.16. The molecule has 0 aliphatic carbocycles. The molecule has 0 amide bonds. The van der Waals surface area contributed by atoms with Crippen molar-refractivity contribution in [2.45, 2.75) is 13.5 Å². The normalized spacial score (nSPS) is 13.4. The molecule has 0 atom stereocenters. The number of hydrogen-bond donors (Lipinski definition) is 1. The zero-order chi connectivity index (χ0) is 12.4. The highest BCUT2D eigenvalue weighted by atomic mass is 32.1. The van der Waals surface area contributed by atoms with Gasteiger partial charge in [-0.3, -0.25) is 0 Å². The zero-order valence-electron chi connectivity index (χ0n) is 9.84. The summed E-state index contributed by atoms with van der Waals surface area (Å²) >= 11 is 1.24. The average Bonchev–Trinajstić information content (AvgIpc) is 2.89. The van der Waals surface area contributed by atoms with Crippen LogP contribution in [-0.4, -0.2) is 28.0 Å². The molecule has 0 spiro atoms. The van der Waals surface area contributed by atoms with Crippen LogP contribution in [0.2, 0.25) is 0 Å². The topological polar surface area (TPSA) is 69.2 Å². The lowest BCUT2D eigenvalue weighted by Crippen LogP contribution is -2.16. The summed E-state index contributed by atoms with van der Waals surface area (Å²) in [5.74, 6) is 1.62. The number of ether oxygens (including phenoxy) is 2. The minimum absolute atomic E-state index is 0.600. The monoisotopic (exact) mass is 264 g/mol. The van der Waals surface area contributed by atoms with Crippen LogP contribution >= 0.6 is 11.5 Å². The number of hydrogen-bond acceptors (Lipinski definition) is 7. The minimum atomic E-state index is 0.600. The molecule has 0 fully saturated rings. The molecule has 18 heavy (non-hydrogen) atoms. The molecule has 1 aromatic heterocycles. The second-order valence-corrected chi connectivity index (χ2v) is 4.68. The maximum absolute atomic E-state index is 5.57. The average molecular weight is 264 g/mol. The van der Waals surface area contributed by atoms with Gasteiger partial charge in [0.2, 0.25) is 5.13 Å². The second-order valence-electron chi connectivity index (χ2n) is 3.94. The third-order valence-electron chi connectivity index (χ3n) is 2.73. The number of anilines is 1. The minimum Gasteiger partial charge on any atom is -0.486 e. The number of aromatic nitrogens is 3. The number of rotatable bonds is 3. The first-order chi connectivity index (χ1) is 8.83. The van der Waals surface area contributed by atoms with Gasteiger partial charge in [0, 0.05) is 18.1 Å². The van der Waals surface area contributed by atoms with Crippen LogP contribution in [0.1, 0.15) is 11.1 Å². The van der Waals surface area contributed by atoms with Crippen LogP contribution in [0.4, 0.5) is 5.13 Å². The van der Waals surface area contributed by atoms with Crippen molar-refractivity contribution in [3.8, 4) is 11.5 Å². The number of fused-ring (bicyclic) bond motifs is 1. The Morgan fingerprint density at radius 2 is 2.06 bits per heavy atom. The van der Waals surface area contributed by atoms with E-state index in [1.165, 1.54) is 11.5 Å². The summed E-state index contributed by atoms with van der Waals surface area (Å²) in [6.07, 6.45) is 0. The highest BCUT2D eigenvalue weighted by Gasteiger charge is 2.14. The summed E-state index contributed by atoms with van der Waals surface area (Å²) in [7, 11) is 0. The van der Waals surface area contributed by atoms with Crippen LogP contribution in [0.5, 0.6) is 11.5 Å². The Labute approximate surface area is 108 Å². The second kappa shape index (κ2) is 4.77. The molecule has 2 heterocycles. The summed E-state index contributed by atoms with van der Waals surface area (Å²) in [6, 6.07) is 4.01. The summed E-state index contributed by atoms with van der Waals surface area (Å²) in [4.78, 5) is 0. The predicted molar refractivity (Wildman–Crippen MR) is 67.2 cm³/mol. The van der Waals surface area contributed by atoms with Crippen molar-refractivity contribution in [3.63, 3.8) is 0 Å². The van der Waals surface area contributed by atoms with Gasteiger partial charge in [-0.1, -0.05) is 9.59 Å². The lowest BCUT2D eigenvalue weighted by molar-refractivity contribution is 0.171. The number of aryl methyl sites for hydroxylation is 1. The summed E-state index contributed by atoms with van der Waals surface area (Å²) < 4.78 is 14.8. The molecule has 0 radical (unpaired) electrons. The van der Waals surface area contributed by atoms with Gasteiger partial charge in [-0.15, -0.1) is 0 Å². The third-order valence-corrected chi connectivity index (χ3v) is 3.28. The Bertz CT molecular complexity index is 544. The summed E-state index contributed by atoms with van der Waals surface area (Å²) in [5, 5.41) is 11.3. The quantitative estimate of drug-likeness (QED) is 0.908. The first-order valence-electron chi connectivity index (χ1n) is 5.61. The van der Waals surface area contributed by atoms with Gasteiger partial charge < -0.3 is 14.8 Å². The highest BCUT2D eigenvalue weighted by Crippen LogP contribution is 2.33. The largest absolute Gasteiger partial charge is 0.486 e. The van der Waals surface area contributed by atoms with Gasteiger partial charge in [0.05, 0.1) is 0 Å². The van der Waals surface area contributed by atoms with Crippen LogP contribution in [0.15, 0.2) is 12.1 Å². The Hall–Kier alpha value is -1.89. The van der Waals surface area contributed by atoms with Crippen molar-refractivity contribution >= 4 is 16.7 Å². The highest BCUT2D eigenvalue weighted by molar-refractivity contribution is 7.09. The van der Waals surface area contributed by atoms with Crippen LogP contribution in [-0.2, 0) is 6.54 Å². The molecule has 0 unspecified atom stereocenters. The van der Waals surface area contributed by atoms with E-state index < -0.39 is 0 Å². The zero-order valence-corrected chi connectivity index (χ0v) is 10.7. The van der Waals surface area contributed by atoms with Gasteiger partial charge in [0.1, 0.15) is 13.2 Å². The van der Waals surface area contributed by atoms with E-state index in [9.17, 15) is 0 Å². The summed E-state index contributed by atoms with van der Waals surface area (Å²) in [6.45, 7) is 3.93. The molecule has 1 N–H and O–H groups in total. The predicted octanol–water partition coefficient (Wildman–Crippen LogP) is 1.62. The molecule has 7 heteroatoms. The molecule has 3 rings (SSSR count). The van der Waals surface area contributed by atoms with Gasteiger partial charge in [-0.05, 0) is 35.4 Å². The molecule has 0 saturated heterocycles. The Kier molecular flexibility index (Phi) is 2.97. The number of nitrogens with zero attached hydrogens (tertiary/aromatic N) is 3. The first kappa shape index (κ1) is 11.2. The van der Waals surface area contributed by atoms with Gasteiger partial charge in [-0.2, -0.15) is 0 Å². The van der Waals surface area contributed by atoms with Gasteiger partial charge in [-0.25, -0.2) is 0 Å². The molecule has 6 nitrogen and oxygen atoms in total. The standard InChI is InChI=1S/C11H12N4O2S/c1-7-4-9-10(17-3-2-16-9)5-8(7)6-12-11-13-14-15-18-11/h4-5H,2-3,6H2,1H3,(H,12,13,15). The molecule has 0 saturated carbocycles. The fourth-order valence-electron chi connectivity index (χ4n) is 1.80. The Morgan fingerprint density at radius 3 is 2.78 bits per heavy atom. The maximum atomic E-state index is 5.57. The Morgan fingerprint density at radius 1 is 1.28 bits per heavy atom. The van der Waals surface area contributed by atoms with E-state index in [1.807, 2.05) is 19.1 Å². The molecule has 1 aromatic carbocycles. The van der Waals surface area contributed by atoms with Crippen molar-refractivity contribution in [2.75, 3.05) is 18.5 Å². The SMILES string of the molecule is Cc1cc2c(cc1CNc1nnns1)OCCO2.